The Kier molecular flexibility index (Phi) is 8.99. The quantitative estimate of drug-likeness (QED) is 0.252. The van der Waals surface area contributed by atoms with Gasteiger partial charge in [0.05, 0.1) is 24.0 Å². The molecule has 5 rings (SSSR count). The number of amides is 3. The van der Waals surface area contributed by atoms with Gasteiger partial charge in [-0.25, -0.2) is 23.8 Å². The van der Waals surface area contributed by atoms with E-state index in [9.17, 15) is 18.4 Å². The molecule has 1 fully saturated rings. The van der Waals surface area contributed by atoms with Gasteiger partial charge in [0.25, 0.3) is 5.91 Å². The van der Waals surface area contributed by atoms with Crippen molar-refractivity contribution in [3.63, 3.8) is 0 Å². The number of methoxy groups -OCH3 is 1. The summed E-state index contributed by atoms with van der Waals surface area (Å²) in [5.74, 6) is -1.80. The van der Waals surface area contributed by atoms with Gasteiger partial charge >= 0.3 is 6.03 Å². The largest absolute Gasteiger partial charge is 0.383 e. The number of anilines is 1. The molecule has 0 bridgehead atoms. The zero-order chi connectivity index (χ0) is 30.5. The molecule has 1 saturated heterocycles. The molecule has 0 spiro atoms. The van der Waals surface area contributed by atoms with Crippen LogP contribution in [0, 0.1) is 18.7 Å². The number of halogens is 2. The lowest BCUT2D eigenvalue weighted by molar-refractivity contribution is -0.154. The van der Waals surface area contributed by atoms with Crippen LogP contribution in [-0.4, -0.2) is 76.6 Å². The number of carbonyl (C=O) groups excluding carboxylic acids is 2. The average Bonchev–Trinajstić information content (AvgIpc) is 3.56. The summed E-state index contributed by atoms with van der Waals surface area (Å²) in [6.45, 7) is 2.88. The lowest BCUT2D eigenvalue weighted by atomic mass is 10.0. The van der Waals surface area contributed by atoms with Crippen molar-refractivity contribution in [1.82, 2.24) is 35.4 Å². The molecular weight excluding hydrogens is 562 g/mol. The van der Waals surface area contributed by atoms with E-state index >= 15 is 0 Å². The Morgan fingerprint density at radius 2 is 1.93 bits per heavy atom. The average molecular weight is 593 g/mol. The number of rotatable bonds is 9. The normalized spacial score (nSPS) is 16.7. The summed E-state index contributed by atoms with van der Waals surface area (Å²) < 4.78 is 35.4. The maximum Gasteiger partial charge on any atom is 0.320 e. The second kappa shape index (κ2) is 13.0. The minimum atomic E-state index is -0.810. The Labute approximate surface area is 246 Å². The Balaban J connectivity index is 1.44. The summed E-state index contributed by atoms with van der Waals surface area (Å²) in [7, 11) is 2.96. The van der Waals surface area contributed by atoms with E-state index in [0.29, 0.717) is 53.6 Å². The van der Waals surface area contributed by atoms with E-state index in [-0.39, 0.29) is 5.69 Å². The first-order chi connectivity index (χ1) is 20.8. The standard InChI is InChI=1S/C29H30F2N8O4/c1-17-24(19-13-21(30)25(34-15-19)28(40)32-2)37-39(20-7-5-4-6-8-20)27(17)36-29(41)35-22-16-38(11-12-42-3)43-26(22)18-9-10-33-23(31)14-18/h4-10,13-15,22,26H,11-12,16H2,1-3H3,(H,32,40)(H2,35,36,41)/t22-,26+/m1/s1. The fraction of sp³-hybridized carbons (Fsp3) is 0.276. The van der Waals surface area contributed by atoms with Crippen molar-refractivity contribution >= 4 is 17.8 Å². The van der Waals surface area contributed by atoms with Crippen molar-refractivity contribution in [2.45, 2.75) is 19.1 Å². The summed E-state index contributed by atoms with van der Waals surface area (Å²) >= 11 is 0. The first-order valence-corrected chi connectivity index (χ1v) is 13.4. The summed E-state index contributed by atoms with van der Waals surface area (Å²) in [4.78, 5) is 39.0. The second-order valence-corrected chi connectivity index (χ2v) is 9.73. The number of ether oxygens (including phenoxy) is 1. The van der Waals surface area contributed by atoms with E-state index < -0.39 is 35.8 Å². The van der Waals surface area contributed by atoms with Crippen LogP contribution in [0.2, 0.25) is 0 Å². The van der Waals surface area contributed by atoms with E-state index in [1.165, 1.54) is 36.3 Å². The van der Waals surface area contributed by atoms with Crippen LogP contribution in [0.5, 0.6) is 0 Å². The number of hydroxylamine groups is 2. The number of nitrogens with zero attached hydrogens (tertiary/aromatic N) is 5. The Hall–Kier alpha value is -4.79. The van der Waals surface area contributed by atoms with Gasteiger partial charge in [-0.05, 0) is 42.8 Å². The lowest BCUT2D eigenvalue weighted by Gasteiger charge is -2.19. The highest BCUT2D eigenvalue weighted by atomic mass is 19.1. The molecule has 0 saturated carbocycles. The summed E-state index contributed by atoms with van der Waals surface area (Å²) in [6, 6.07) is 12.0. The molecule has 3 N–H and O–H groups in total. The third-order valence-corrected chi connectivity index (χ3v) is 6.88. The molecule has 4 aromatic rings. The van der Waals surface area contributed by atoms with E-state index in [0.717, 1.165) is 0 Å². The molecule has 14 heteroatoms. The highest BCUT2D eigenvalue weighted by Crippen LogP contribution is 2.32. The van der Waals surface area contributed by atoms with Crippen molar-refractivity contribution in [3.05, 3.63) is 89.5 Å². The molecule has 0 radical (unpaired) electrons. The summed E-state index contributed by atoms with van der Waals surface area (Å²) in [6.07, 6.45) is 2.01. The van der Waals surface area contributed by atoms with Crippen LogP contribution in [0.15, 0.2) is 60.9 Å². The van der Waals surface area contributed by atoms with Crippen molar-refractivity contribution in [2.75, 3.05) is 39.2 Å². The Morgan fingerprint density at radius 3 is 2.63 bits per heavy atom. The SMILES string of the molecule is CNC(=O)c1ncc(-c2nn(-c3ccccc3)c(NC(=O)N[C@@H]3CN(CCOC)O[C@H]3c3ccnc(F)c3)c2C)cc1F. The maximum absolute atomic E-state index is 14.8. The molecule has 0 unspecified atom stereocenters. The molecule has 2 atom stereocenters. The fourth-order valence-corrected chi connectivity index (χ4v) is 4.78. The summed E-state index contributed by atoms with van der Waals surface area (Å²) in [5.41, 5.74) is 2.02. The van der Waals surface area contributed by atoms with Crippen LogP contribution >= 0.6 is 0 Å². The molecule has 3 amide bonds. The van der Waals surface area contributed by atoms with Crippen LogP contribution in [0.4, 0.5) is 19.4 Å². The monoisotopic (exact) mass is 592 g/mol. The number of pyridine rings is 2. The predicted octanol–water partition coefficient (Wildman–Crippen LogP) is 3.40. The van der Waals surface area contributed by atoms with Crippen molar-refractivity contribution < 1.29 is 27.9 Å². The molecule has 1 aliphatic heterocycles. The van der Waals surface area contributed by atoms with E-state index in [4.69, 9.17) is 9.57 Å². The molecular formula is C29H30F2N8O4. The lowest BCUT2D eigenvalue weighted by Crippen LogP contribution is -2.42. The Bertz CT molecular complexity index is 1620. The van der Waals surface area contributed by atoms with Gasteiger partial charge < -0.3 is 15.4 Å². The minimum absolute atomic E-state index is 0.316. The first kappa shape index (κ1) is 29.7. The van der Waals surface area contributed by atoms with Crippen LogP contribution in [0.3, 0.4) is 0 Å². The Morgan fingerprint density at radius 1 is 1.14 bits per heavy atom. The van der Waals surface area contributed by atoms with Gasteiger partial charge in [0.15, 0.2) is 11.5 Å². The number of carbonyl (C=O) groups is 2. The van der Waals surface area contributed by atoms with Crippen molar-refractivity contribution in [2.24, 2.45) is 0 Å². The van der Waals surface area contributed by atoms with E-state index in [2.05, 4.69) is 31.0 Å². The third kappa shape index (κ3) is 6.51. The van der Waals surface area contributed by atoms with Gasteiger partial charge in [0.1, 0.15) is 11.9 Å². The highest BCUT2D eigenvalue weighted by Gasteiger charge is 2.37. The van der Waals surface area contributed by atoms with Gasteiger partial charge in [-0.15, -0.1) is 0 Å². The van der Waals surface area contributed by atoms with E-state index in [1.807, 2.05) is 18.2 Å². The van der Waals surface area contributed by atoms with E-state index in [1.54, 1.807) is 37.3 Å². The molecule has 1 aromatic carbocycles. The molecule has 0 aliphatic carbocycles. The zero-order valence-corrected chi connectivity index (χ0v) is 23.7. The molecule has 1 aliphatic rings. The first-order valence-electron chi connectivity index (χ1n) is 13.4. The number of aromatic nitrogens is 4. The number of hydrogen-bond acceptors (Lipinski definition) is 8. The highest BCUT2D eigenvalue weighted by molar-refractivity contribution is 5.93. The smallest absolute Gasteiger partial charge is 0.320 e. The topological polar surface area (TPSA) is 136 Å². The molecule has 12 nitrogen and oxygen atoms in total. The number of para-hydroxylation sites is 1. The number of nitrogens with one attached hydrogen (secondary N) is 3. The number of benzene rings is 1. The molecule has 3 aromatic heterocycles. The number of hydrogen-bond donors (Lipinski definition) is 3. The van der Waals surface area contributed by atoms with Crippen molar-refractivity contribution in [3.8, 4) is 16.9 Å². The molecule has 43 heavy (non-hydrogen) atoms. The minimum Gasteiger partial charge on any atom is -0.383 e. The predicted molar refractivity (Wildman–Crippen MR) is 152 cm³/mol. The van der Waals surface area contributed by atoms with Crippen LogP contribution in [0.25, 0.3) is 16.9 Å². The van der Waals surface area contributed by atoms with Crippen LogP contribution in [-0.2, 0) is 9.57 Å². The third-order valence-electron chi connectivity index (χ3n) is 6.88. The van der Waals surface area contributed by atoms with Gasteiger partial charge in [-0.1, -0.05) is 18.2 Å². The van der Waals surface area contributed by atoms with Crippen LogP contribution in [0.1, 0.15) is 27.7 Å². The molecule has 224 valence electrons. The van der Waals surface area contributed by atoms with Crippen LogP contribution < -0.4 is 16.0 Å². The second-order valence-electron chi connectivity index (χ2n) is 9.73. The van der Waals surface area contributed by atoms with Gasteiger partial charge in [0, 0.05) is 50.8 Å². The van der Waals surface area contributed by atoms with Gasteiger partial charge in [-0.2, -0.15) is 14.6 Å². The molecule has 4 heterocycles. The number of urea groups is 1. The van der Waals surface area contributed by atoms with Crippen molar-refractivity contribution in [1.29, 1.82) is 0 Å². The zero-order valence-electron chi connectivity index (χ0n) is 23.7. The summed E-state index contributed by atoms with van der Waals surface area (Å²) in [5, 5.41) is 14.5. The maximum atomic E-state index is 14.8. The van der Waals surface area contributed by atoms with Gasteiger partial charge in [-0.3, -0.25) is 14.9 Å². The van der Waals surface area contributed by atoms with Gasteiger partial charge in [0.2, 0.25) is 5.95 Å². The fourth-order valence-electron chi connectivity index (χ4n) is 4.78.